The highest BCUT2D eigenvalue weighted by atomic mass is 16.6. The predicted octanol–water partition coefficient (Wildman–Crippen LogP) is 4.16. The lowest BCUT2D eigenvalue weighted by molar-refractivity contribution is -0.125. The number of hydrogen-bond acceptors (Lipinski definition) is 7. The van der Waals surface area contributed by atoms with E-state index in [1.54, 1.807) is 53.2 Å². The molecule has 9 heteroatoms. The summed E-state index contributed by atoms with van der Waals surface area (Å²) in [6, 6.07) is 17.8. The van der Waals surface area contributed by atoms with Gasteiger partial charge < -0.3 is 19.5 Å². The van der Waals surface area contributed by atoms with Gasteiger partial charge in [0.25, 0.3) is 5.91 Å². The highest BCUT2D eigenvalue weighted by Gasteiger charge is 2.27. The Bertz CT molecular complexity index is 1330. The number of fused-ring (bicyclic) bond motifs is 1. The summed E-state index contributed by atoms with van der Waals surface area (Å²) in [7, 11) is 0. The summed E-state index contributed by atoms with van der Waals surface area (Å²) in [5, 5.41) is 15.7. The minimum Gasteiger partial charge on any atom is -0.485 e. The maximum absolute atomic E-state index is 12.6. The fourth-order valence-corrected chi connectivity index (χ4v) is 3.52. The number of benzene rings is 2. The summed E-state index contributed by atoms with van der Waals surface area (Å²) in [6.07, 6.45) is -0.731. The van der Waals surface area contributed by atoms with Gasteiger partial charge in [-0.1, -0.05) is 12.1 Å². The van der Waals surface area contributed by atoms with Crippen LogP contribution in [0, 0.1) is 20.8 Å². The Morgan fingerprint density at radius 3 is 2.44 bits per heavy atom. The first-order valence-corrected chi connectivity index (χ1v) is 10.8. The number of amides is 1. The van der Waals surface area contributed by atoms with E-state index in [2.05, 4.69) is 20.6 Å². The van der Waals surface area contributed by atoms with Gasteiger partial charge in [-0.2, -0.15) is 5.10 Å². The van der Waals surface area contributed by atoms with Crippen LogP contribution in [0.1, 0.15) is 17.0 Å². The molecule has 0 radical (unpaired) electrons. The number of para-hydroxylation sites is 2. The standard InChI is InChI=1S/C25H23N5O4/c1-15-16(2)29-30(17(15)3)23-12-13-24(28-27-23)33-19-10-8-18(9-11-19)26-25(31)22-14-32-20-6-4-5-7-21(20)34-22/h4-13,22H,14H2,1-3H3,(H,26,31). The van der Waals surface area contributed by atoms with Crippen LogP contribution >= 0.6 is 0 Å². The van der Waals surface area contributed by atoms with Crippen LogP contribution in [0.3, 0.4) is 0 Å². The van der Waals surface area contributed by atoms with Gasteiger partial charge in [0.05, 0.1) is 5.69 Å². The molecule has 0 saturated heterocycles. The number of carbonyl (C=O) groups is 1. The number of anilines is 1. The molecule has 1 unspecified atom stereocenters. The van der Waals surface area contributed by atoms with Gasteiger partial charge in [-0.3, -0.25) is 4.79 Å². The van der Waals surface area contributed by atoms with Gasteiger partial charge in [0, 0.05) is 17.4 Å². The fourth-order valence-electron chi connectivity index (χ4n) is 3.52. The molecule has 1 aliphatic heterocycles. The van der Waals surface area contributed by atoms with Gasteiger partial charge in [0.15, 0.2) is 17.3 Å². The van der Waals surface area contributed by atoms with Gasteiger partial charge in [-0.25, -0.2) is 4.68 Å². The summed E-state index contributed by atoms with van der Waals surface area (Å²) in [4.78, 5) is 12.6. The summed E-state index contributed by atoms with van der Waals surface area (Å²) in [5.41, 5.74) is 3.72. The predicted molar refractivity (Wildman–Crippen MR) is 125 cm³/mol. The van der Waals surface area contributed by atoms with Crippen molar-refractivity contribution in [3.63, 3.8) is 0 Å². The summed E-state index contributed by atoms with van der Waals surface area (Å²) in [6.45, 7) is 6.13. The quantitative estimate of drug-likeness (QED) is 0.480. The van der Waals surface area contributed by atoms with Crippen molar-refractivity contribution in [2.24, 2.45) is 0 Å². The van der Waals surface area contributed by atoms with E-state index in [0.717, 1.165) is 17.0 Å². The van der Waals surface area contributed by atoms with E-state index in [-0.39, 0.29) is 12.5 Å². The second-order valence-electron chi connectivity index (χ2n) is 7.92. The lowest BCUT2D eigenvalue weighted by atomic mass is 10.2. The molecule has 0 saturated carbocycles. The van der Waals surface area contributed by atoms with E-state index in [0.29, 0.717) is 34.6 Å². The van der Waals surface area contributed by atoms with E-state index >= 15 is 0 Å². The lowest BCUT2D eigenvalue weighted by Crippen LogP contribution is -2.40. The van der Waals surface area contributed by atoms with Crippen molar-refractivity contribution in [3.05, 3.63) is 77.6 Å². The average molecular weight is 457 g/mol. The maximum Gasteiger partial charge on any atom is 0.269 e. The Morgan fingerprint density at radius 2 is 1.76 bits per heavy atom. The Kier molecular flexibility index (Phi) is 5.59. The second kappa shape index (κ2) is 8.86. The Hall–Kier alpha value is -4.40. The topological polar surface area (TPSA) is 100 Å². The molecule has 0 bridgehead atoms. The molecule has 3 heterocycles. The van der Waals surface area contributed by atoms with Gasteiger partial charge >= 0.3 is 0 Å². The van der Waals surface area contributed by atoms with Crippen LogP contribution in [-0.4, -0.2) is 38.6 Å². The normalized spacial score (nSPS) is 14.5. The van der Waals surface area contributed by atoms with Gasteiger partial charge in [0.1, 0.15) is 12.4 Å². The molecule has 1 atom stereocenters. The van der Waals surface area contributed by atoms with Crippen LogP contribution in [0.25, 0.3) is 5.82 Å². The van der Waals surface area contributed by atoms with Crippen molar-refractivity contribution in [1.29, 1.82) is 0 Å². The van der Waals surface area contributed by atoms with Crippen LogP contribution in [0.15, 0.2) is 60.7 Å². The molecule has 5 rings (SSSR count). The molecular weight excluding hydrogens is 434 g/mol. The van der Waals surface area contributed by atoms with Crippen molar-refractivity contribution >= 4 is 11.6 Å². The monoisotopic (exact) mass is 457 g/mol. The van der Waals surface area contributed by atoms with Crippen LogP contribution in [0.5, 0.6) is 23.1 Å². The van der Waals surface area contributed by atoms with Gasteiger partial charge in [0.2, 0.25) is 12.0 Å². The number of rotatable bonds is 5. The van der Waals surface area contributed by atoms with Crippen LogP contribution < -0.4 is 19.5 Å². The third kappa shape index (κ3) is 4.27. The number of ether oxygens (including phenoxy) is 3. The van der Waals surface area contributed by atoms with E-state index in [9.17, 15) is 4.79 Å². The average Bonchev–Trinajstić information content (AvgIpc) is 3.12. The highest BCUT2D eigenvalue weighted by Crippen LogP contribution is 2.31. The molecule has 4 aromatic rings. The molecule has 0 fully saturated rings. The molecule has 1 amide bonds. The molecule has 1 N–H and O–H groups in total. The molecule has 2 aromatic carbocycles. The number of carbonyl (C=O) groups excluding carboxylic acids is 1. The van der Waals surface area contributed by atoms with E-state index < -0.39 is 6.10 Å². The van der Waals surface area contributed by atoms with Crippen molar-refractivity contribution in [3.8, 4) is 28.9 Å². The van der Waals surface area contributed by atoms with Crippen LogP contribution in [-0.2, 0) is 4.79 Å². The third-order valence-electron chi connectivity index (χ3n) is 5.64. The van der Waals surface area contributed by atoms with Crippen LogP contribution in [0.4, 0.5) is 5.69 Å². The zero-order valence-corrected chi connectivity index (χ0v) is 19.0. The Balaban J connectivity index is 1.20. The second-order valence-corrected chi connectivity index (χ2v) is 7.92. The SMILES string of the molecule is Cc1nn(-c2ccc(Oc3ccc(NC(=O)C4COc5ccccc5O4)cc3)nn2)c(C)c1C. The lowest BCUT2D eigenvalue weighted by Gasteiger charge is -2.25. The molecule has 1 aliphatic rings. The zero-order chi connectivity index (χ0) is 23.7. The summed E-state index contributed by atoms with van der Waals surface area (Å²) < 4.78 is 18.9. The number of aryl methyl sites for hydroxylation is 1. The largest absolute Gasteiger partial charge is 0.485 e. The van der Waals surface area contributed by atoms with Crippen molar-refractivity contribution in [2.75, 3.05) is 11.9 Å². The first kappa shape index (κ1) is 21.4. The summed E-state index contributed by atoms with van der Waals surface area (Å²) >= 11 is 0. The maximum atomic E-state index is 12.6. The molecule has 2 aromatic heterocycles. The number of aromatic nitrogens is 4. The number of nitrogens with one attached hydrogen (secondary N) is 1. The minimum absolute atomic E-state index is 0.149. The third-order valence-corrected chi connectivity index (χ3v) is 5.64. The number of hydrogen-bond donors (Lipinski definition) is 1. The number of nitrogens with zero attached hydrogens (tertiary/aromatic N) is 4. The Morgan fingerprint density at radius 1 is 1.00 bits per heavy atom. The van der Waals surface area contributed by atoms with E-state index in [1.807, 2.05) is 32.9 Å². The van der Waals surface area contributed by atoms with Crippen molar-refractivity contribution in [2.45, 2.75) is 26.9 Å². The minimum atomic E-state index is -0.731. The summed E-state index contributed by atoms with van der Waals surface area (Å²) in [5.74, 6) is 2.44. The first-order valence-electron chi connectivity index (χ1n) is 10.8. The molecule has 0 spiro atoms. The zero-order valence-electron chi connectivity index (χ0n) is 19.0. The van der Waals surface area contributed by atoms with Crippen molar-refractivity contribution in [1.82, 2.24) is 20.0 Å². The first-order chi connectivity index (χ1) is 16.5. The van der Waals surface area contributed by atoms with Crippen molar-refractivity contribution < 1.29 is 19.0 Å². The van der Waals surface area contributed by atoms with E-state index in [1.165, 1.54) is 0 Å². The van der Waals surface area contributed by atoms with Gasteiger partial charge in [-0.15, -0.1) is 10.2 Å². The smallest absolute Gasteiger partial charge is 0.269 e. The molecule has 34 heavy (non-hydrogen) atoms. The Labute approximate surface area is 196 Å². The molecule has 0 aliphatic carbocycles. The highest BCUT2D eigenvalue weighted by molar-refractivity contribution is 5.94. The van der Waals surface area contributed by atoms with Crippen LogP contribution in [0.2, 0.25) is 0 Å². The molecule has 172 valence electrons. The fraction of sp³-hybridized carbons (Fsp3) is 0.200. The molecular formula is C25H23N5O4. The van der Waals surface area contributed by atoms with E-state index in [4.69, 9.17) is 14.2 Å². The molecule has 9 nitrogen and oxygen atoms in total. The van der Waals surface area contributed by atoms with Gasteiger partial charge in [-0.05, 0) is 68.8 Å².